The maximum atomic E-state index is 13.0. The van der Waals surface area contributed by atoms with E-state index in [9.17, 15) is 27.6 Å². The van der Waals surface area contributed by atoms with Crippen LogP contribution in [0.3, 0.4) is 0 Å². The minimum Gasteiger partial charge on any atom is -0.466 e. The van der Waals surface area contributed by atoms with Crippen molar-refractivity contribution in [3.8, 4) is 0 Å². The Bertz CT molecular complexity index is 1030. The van der Waals surface area contributed by atoms with E-state index in [4.69, 9.17) is 4.42 Å². The summed E-state index contributed by atoms with van der Waals surface area (Å²) in [5, 5.41) is 2.56. The third-order valence-electron chi connectivity index (χ3n) is 5.75. The van der Waals surface area contributed by atoms with E-state index >= 15 is 0 Å². The molecule has 1 unspecified atom stereocenters. The van der Waals surface area contributed by atoms with Gasteiger partial charge in [-0.05, 0) is 37.3 Å². The van der Waals surface area contributed by atoms with E-state index in [0.29, 0.717) is 18.8 Å². The summed E-state index contributed by atoms with van der Waals surface area (Å²) in [7, 11) is 0. The quantitative estimate of drug-likeness (QED) is 0.724. The minimum atomic E-state index is -4.43. The van der Waals surface area contributed by atoms with E-state index in [1.807, 2.05) is 0 Å². The molecule has 0 radical (unpaired) electrons. The van der Waals surface area contributed by atoms with Crippen molar-refractivity contribution in [3.05, 3.63) is 54.0 Å². The van der Waals surface area contributed by atoms with Gasteiger partial charge in [0, 0.05) is 31.9 Å². The Hall–Kier alpha value is -3.50. The number of imide groups is 1. The monoisotopic (exact) mass is 450 g/mol. The molecule has 2 fully saturated rings. The lowest BCUT2D eigenvalue weighted by Crippen LogP contribution is -2.52. The first kappa shape index (κ1) is 21.7. The summed E-state index contributed by atoms with van der Waals surface area (Å²) < 4.78 is 44.1. The Balaban J connectivity index is 1.37. The molecule has 4 amide bonds. The first-order valence-corrected chi connectivity index (χ1v) is 9.97. The van der Waals surface area contributed by atoms with E-state index < -0.39 is 41.7 Å². The van der Waals surface area contributed by atoms with Gasteiger partial charge in [0.2, 0.25) is 5.91 Å². The number of piperazine rings is 1. The zero-order valence-electron chi connectivity index (χ0n) is 17.2. The van der Waals surface area contributed by atoms with Gasteiger partial charge >= 0.3 is 12.2 Å². The van der Waals surface area contributed by atoms with Crippen LogP contribution < -0.4 is 10.2 Å². The van der Waals surface area contributed by atoms with Gasteiger partial charge in [-0.25, -0.2) is 4.79 Å². The van der Waals surface area contributed by atoms with E-state index in [2.05, 4.69) is 5.32 Å². The smallest absolute Gasteiger partial charge is 0.416 e. The number of carbonyl (C=O) groups excluding carboxylic acids is 3. The van der Waals surface area contributed by atoms with Gasteiger partial charge in [-0.3, -0.25) is 14.5 Å². The molecule has 2 saturated heterocycles. The molecule has 1 aromatic carbocycles. The summed E-state index contributed by atoms with van der Waals surface area (Å²) >= 11 is 0. The molecular weight excluding hydrogens is 429 g/mol. The molecule has 3 heterocycles. The van der Waals surface area contributed by atoms with Crippen LogP contribution in [0.5, 0.6) is 0 Å². The lowest BCUT2D eigenvalue weighted by atomic mass is 9.99. The first-order chi connectivity index (χ1) is 15.1. The number of nitrogens with one attached hydrogen (secondary N) is 1. The third kappa shape index (κ3) is 3.90. The van der Waals surface area contributed by atoms with Crippen LogP contribution >= 0.6 is 0 Å². The number of alkyl halides is 3. The van der Waals surface area contributed by atoms with E-state index in [-0.39, 0.29) is 18.8 Å². The number of halogens is 3. The van der Waals surface area contributed by atoms with Crippen molar-refractivity contribution in [1.82, 2.24) is 15.1 Å². The highest BCUT2D eigenvalue weighted by molar-refractivity contribution is 6.08. The first-order valence-electron chi connectivity index (χ1n) is 9.97. The fourth-order valence-corrected chi connectivity index (χ4v) is 3.90. The highest BCUT2D eigenvalue weighted by atomic mass is 19.4. The van der Waals surface area contributed by atoms with Crippen molar-refractivity contribution in [2.75, 3.05) is 37.6 Å². The second-order valence-corrected chi connectivity index (χ2v) is 7.84. The van der Waals surface area contributed by atoms with Gasteiger partial charge < -0.3 is 19.5 Å². The molecule has 8 nitrogen and oxygen atoms in total. The molecule has 0 spiro atoms. The Morgan fingerprint density at radius 1 is 1.12 bits per heavy atom. The third-order valence-corrected chi connectivity index (χ3v) is 5.75. The van der Waals surface area contributed by atoms with Crippen LogP contribution in [0.1, 0.15) is 18.2 Å². The summed E-state index contributed by atoms with van der Waals surface area (Å²) in [4.78, 5) is 42.0. The average Bonchev–Trinajstić information content (AvgIpc) is 3.38. The zero-order valence-corrected chi connectivity index (χ0v) is 17.2. The SMILES string of the molecule is CC1(c2ccco2)NC(=O)N(CC(=O)N2CCN(c3cccc(C(F)(F)F)c3)CC2)C1=O. The average molecular weight is 450 g/mol. The van der Waals surface area contributed by atoms with Crippen molar-refractivity contribution >= 4 is 23.5 Å². The van der Waals surface area contributed by atoms with Crippen molar-refractivity contribution in [2.24, 2.45) is 0 Å². The molecule has 2 aliphatic heterocycles. The van der Waals surface area contributed by atoms with Crippen molar-refractivity contribution in [2.45, 2.75) is 18.6 Å². The number of urea groups is 1. The van der Waals surface area contributed by atoms with Crippen LogP contribution in [0, 0.1) is 0 Å². The molecular formula is C21H21F3N4O4. The lowest BCUT2D eigenvalue weighted by molar-refractivity contribution is -0.139. The molecule has 2 aliphatic rings. The van der Waals surface area contributed by atoms with Gasteiger partial charge in [-0.15, -0.1) is 0 Å². The Morgan fingerprint density at radius 2 is 1.84 bits per heavy atom. The predicted molar refractivity (Wildman–Crippen MR) is 107 cm³/mol. The van der Waals surface area contributed by atoms with Gasteiger partial charge in [0.1, 0.15) is 12.3 Å². The van der Waals surface area contributed by atoms with Crippen LogP contribution in [-0.2, 0) is 21.3 Å². The number of rotatable bonds is 4. The number of hydrogen-bond donors (Lipinski definition) is 1. The fraction of sp³-hybridized carbons (Fsp3) is 0.381. The summed E-state index contributed by atoms with van der Waals surface area (Å²) in [6.45, 7) is 2.26. The molecule has 1 N–H and O–H groups in total. The van der Waals surface area contributed by atoms with E-state index in [1.165, 1.54) is 24.2 Å². The standard InChI is InChI=1S/C21H21F3N4O4/c1-20(16-6-3-11-32-16)18(30)28(19(31)25-20)13-17(29)27-9-7-26(8-10-27)15-5-2-4-14(12-15)21(22,23)24/h2-6,11-12H,7-10,13H2,1H3,(H,25,31). The van der Waals surface area contributed by atoms with Crippen LogP contribution in [0.25, 0.3) is 0 Å². The number of hydrogen-bond acceptors (Lipinski definition) is 5. The highest BCUT2D eigenvalue weighted by Crippen LogP contribution is 2.32. The minimum absolute atomic E-state index is 0.258. The second kappa shape index (κ2) is 7.88. The molecule has 4 rings (SSSR count). The molecule has 11 heteroatoms. The van der Waals surface area contributed by atoms with Crippen molar-refractivity contribution < 1.29 is 32.0 Å². The van der Waals surface area contributed by atoms with Crippen molar-refractivity contribution in [1.29, 1.82) is 0 Å². The normalized spacial score (nSPS) is 21.8. The largest absolute Gasteiger partial charge is 0.466 e. The number of carbonyl (C=O) groups is 3. The van der Waals surface area contributed by atoms with E-state index in [0.717, 1.165) is 17.0 Å². The zero-order chi connectivity index (χ0) is 23.1. The fourth-order valence-electron chi connectivity index (χ4n) is 3.90. The Morgan fingerprint density at radius 3 is 2.47 bits per heavy atom. The van der Waals surface area contributed by atoms with Crippen LogP contribution in [0.15, 0.2) is 47.1 Å². The van der Waals surface area contributed by atoms with Gasteiger partial charge in [-0.1, -0.05) is 6.07 Å². The molecule has 1 aromatic heterocycles. The topological polar surface area (TPSA) is 86.1 Å². The number of furan rings is 1. The number of anilines is 1. The molecule has 0 bridgehead atoms. The molecule has 0 saturated carbocycles. The van der Waals surface area contributed by atoms with Crippen LogP contribution in [0.2, 0.25) is 0 Å². The summed E-state index contributed by atoms with van der Waals surface area (Å²) in [6, 6.07) is 7.51. The molecule has 2 aromatic rings. The summed E-state index contributed by atoms with van der Waals surface area (Å²) in [5.41, 5.74) is -1.69. The van der Waals surface area contributed by atoms with Crippen molar-refractivity contribution in [3.63, 3.8) is 0 Å². The summed E-state index contributed by atoms with van der Waals surface area (Å²) in [6.07, 6.45) is -3.04. The van der Waals surface area contributed by atoms with E-state index in [1.54, 1.807) is 23.1 Å². The maximum Gasteiger partial charge on any atom is 0.416 e. The summed E-state index contributed by atoms with van der Waals surface area (Å²) in [5.74, 6) is -0.741. The van der Waals surface area contributed by atoms with Crippen LogP contribution in [-0.4, -0.2) is 60.4 Å². The molecule has 170 valence electrons. The molecule has 32 heavy (non-hydrogen) atoms. The predicted octanol–water partition coefficient (Wildman–Crippen LogP) is 2.41. The van der Waals surface area contributed by atoms with Crippen LogP contribution in [0.4, 0.5) is 23.7 Å². The Labute approximate surface area is 181 Å². The number of benzene rings is 1. The number of nitrogens with zero attached hydrogens (tertiary/aromatic N) is 3. The maximum absolute atomic E-state index is 13.0. The highest BCUT2D eigenvalue weighted by Gasteiger charge is 2.51. The van der Waals surface area contributed by atoms with Gasteiger partial charge in [0.05, 0.1) is 11.8 Å². The second-order valence-electron chi connectivity index (χ2n) is 7.84. The molecule has 1 atom stereocenters. The molecule has 0 aliphatic carbocycles. The van der Waals surface area contributed by atoms with Gasteiger partial charge in [-0.2, -0.15) is 13.2 Å². The van der Waals surface area contributed by atoms with Gasteiger partial charge in [0.25, 0.3) is 5.91 Å². The number of amides is 4. The Kier molecular flexibility index (Phi) is 5.35. The lowest BCUT2D eigenvalue weighted by Gasteiger charge is -2.36. The van der Waals surface area contributed by atoms with Gasteiger partial charge in [0.15, 0.2) is 5.54 Å².